The molecule has 0 amide bonds. The monoisotopic (exact) mass is 228 g/mol. The second-order valence-corrected chi connectivity index (χ2v) is 2.83. The van der Waals surface area contributed by atoms with Gasteiger partial charge in [-0.2, -0.15) is 0 Å². The molecule has 0 rings (SSSR count). The number of esters is 2. The summed E-state index contributed by atoms with van der Waals surface area (Å²) < 4.78 is 9.38. The molecule has 0 aromatic carbocycles. The van der Waals surface area contributed by atoms with Crippen LogP contribution in [0, 0.1) is 0 Å². The summed E-state index contributed by atoms with van der Waals surface area (Å²) in [7, 11) is 0. The van der Waals surface area contributed by atoms with Crippen molar-refractivity contribution in [3.8, 4) is 0 Å². The van der Waals surface area contributed by atoms with Crippen molar-refractivity contribution in [2.24, 2.45) is 0 Å². The summed E-state index contributed by atoms with van der Waals surface area (Å²) in [5, 5.41) is 0. The minimum absolute atomic E-state index is 0.0325. The smallest absolute Gasteiger partial charge is 0.333 e. The molecule has 5 nitrogen and oxygen atoms in total. The summed E-state index contributed by atoms with van der Waals surface area (Å²) in [4.78, 5) is 29.7. The molecular formula is C11H16O5. The molecule has 0 saturated carbocycles. The topological polar surface area (TPSA) is 69.7 Å². The predicted molar refractivity (Wildman–Crippen MR) is 58.7 cm³/mol. The first kappa shape index (κ1) is 16.5. The van der Waals surface area contributed by atoms with E-state index in [-0.39, 0.29) is 13.2 Å². The van der Waals surface area contributed by atoms with E-state index in [1.54, 1.807) is 13.8 Å². The van der Waals surface area contributed by atoms with Gasteiger partial charge in [0.05, 0.1) is 0 Å². The molecule has 0 N–H and O–H groups in total. The lowest BCUT2D eigenvalue weighted by atomic mass is 10.4. The number of ether oxygens (including phenoxy) is 2. The summed E-state index contributed by atoms with van der Waals surface area (Å²) >= 11 is 0. The van der Waals surface area contributed by atoms with Gasteiger partial charge in [0.1, 0.15) is 20.0 Å². The third-order valence-electron chi connectivity index (χ3n) is 1.25. The molecule has 0 aliphatic carbocycles. The average molecular weight is 228 g/mol. The van der Waals surface area contributed by atoms with Gasteiger partial charge in [0.15, 0.2) is 0 Å². The van der Waals surface area contributed by atoms with E-state index in [1.807, 2.05) is 6.79 Å². The van der Waals surface area contributed by atoms with Crippen LogP contribution in [0.25, 0.3) is 0 Å². The van der Waals surface area contributed by atoms with Gasteiger partial charge >= 0.3 is 11.9 Å². The van der Waals surface area contributed by atoms with Crippen LogP contribution in [-0.4, -0.2) is 31.9 Å². The maximum Gasteiger partial charge on any atom is 0.333 e. The molecule has 0 aliphatic rings. The highest BCUT2D eigenvalue weighted by Gasteiger charge is 2.05. The number of carbonyl (C=O) groups excluding carboxylic acids is 3. The Hall–Kier alpha value is -1.91. The van der Waals surface area contributed by atoms with Crippen LogP contribution in [-0.2, 0) is 23.9 Å². The van der Waals surface area contributed by atoms with Gasteiger partial charge in [-0.3, -0.25) is 0 Å². The van der Waals surface area contributed by atoms with Gasteiger partial charge in [0.25, 0.3) is 0 Å². The lowest BCUT2D eigenvalue weighted by Crippen LogP contribution is -2.14. The second kappa shape index (κ2) is 9.64. The summed E-state index contributed by atoms with van der Waals surface area (Å²) in [6.45, 7) is 12.0. The Balaban J connectivity index is 0. The molecule has 0 radical (unpaired) electrons. The first-order valence-corrected chi connectivity index (χ1v) is 4.39. The second-order valence-electron chi connectivity index (χ2n) is 2.83. The van der Waals surface area contributed by atoms with Crippen LogP contribution in [0.3, 0.4) is 0 Å². The van der Waals surface area contributed by atoms with Crippen molar-refractivity contribution in [1.29, 1.82) is 0 Å². The number of carbonyl (C=O) groups is 3. The molecular weight excluding hydrogens is 212 g/mol. The Morgan fingerprint density at radius 3 is 1.31 bits per heavy atom. The zero-order valence-electron chi connectivity index (χ0n) is 9.58. The molecule has 0 saturated heterocycles. The van der Waals surface area contributed by atoms with Crippen molar-refractivity contribution in [1.82, 2.24) is 0 Å². The summed E-state index contributed by atoms with van der Waals surface area (Å²) in [6, 6.07) is 0. The fraction of sp³-hybridized carbons (Fsp3) is 0.364. The molecule has 90 valence electrons. The fourth-order valence-electron chi connectivity index (χ4n) is 0.515. The van der Waals surface area contributed by atoms with E-state index in [1.165, 1.54) is 0 Å². The van der Waals surface area contributed by atoms with E-state index in [4.69, 9.17) is 4.79 Å². The standard InChI is InChI=1S/C10H14O4.CH2O/c1-7(2)9(11)13-5-6-14-10(12)8(3)4;1-2/h1,3,5-6H2,2,4H3;1H2. The van der Waals surface area contributed by atoms with Gasteiger partial charge in [0.2, 0.25) is 0 Å². The van der Waals surface area contributed by atoms with Crippen molar-refractivity contribution in [3.05, 3.63) is 24.3 Å². The SMILES string of the molecule is C=C(C)C(=O)OCCOC(=O)C(=C)C.C=O. The number of hydrogen-bond donors (Lipinski definition) is 0. The molecule has 5 heteroatoms. The van der Waals surface area contributed by atoms with E-state index < -0.39 is 11.9 Å². The fourth-order valence-corrected chi connectivity index (χ4v) is 0.515. The first-order valence-electron chi connectivity index (χ1n) is 4.39. The van der Waals surface area contributed by atoms with E-state index >= 15 is 0 Å². The Morgan fingerprint density at radius 1 is 0.875 bits per heavy atom. The van der Waals surface area contributed by atoms with Crippen molar-refractivity contribution in [2.45, 2.75) is 13.8 Å². The Labute approximate surface area is 94.7 Å². The Morgan fingerprint density at radius 2 is 1.12 bits per heavy atom. The average Bonchev–Trinajstić information content (AvgIpc) is 2.26. The number of hydrogen-bond acceptors (Lipinski definition) is 5. The highest BCUT2D eigenvalue weighted by atomic mass is 16.6. The summed E-state index contributed by atoms with van der Waals surface area (Å²) in [6.07, 6.45) is 0. The van der Waals surface area contributed by atoms with Crippen LogP contribution in [0.5, 0.6) is 0 Å². The molecule has 0 aromatic heterocycles. The maximum atomic E-state index is 10.8. The zero-order valence-corrected chi connectivity index (χ0v) is 9.58. The zero-order chi connectivity index (χ0) is 13.1. The van der Waals surface area contributed by atoms with Crippen molar-refractivity contribution in [3.63, 3.8) is 0 Å². The third kappa shape index (κ3) is 8.68. The van der Waals surface area contributed by atoms with Crippen molar-refractivity contribution in [2.75, 3.05) is 13.2 Å². The molecule has 0 spiro atoms. The van der Waals surface area contributed by atoms with Gasteiger partial charge in [-0.1, -0.05) is 13.2 Å². The summed E-state index contributed by atoms with van der Waals surface area (Å²) in [5.74, 6) is -0.979. The van der Waals surface area contributed by atoms with E-state index in [2.05, 4.69) is 22.6 Å². The molecule has 0 aliphatic heterocycles. The van der Waals surface area contributed by atoms with Crippen LogP contribution in [0.2, 0.25) is 0 Å². The van der Waals surface area contributed by atoms with Crippen molar-refractivity contribution < 1.29 is 23.9 Å². The van der Waals surface area contributed by atoms with Gasteiger partial charge in [0, 0.05) is 11.1 Å². The minimum atomic E-state index is -0.489. The maximum absolute atomic E-state index is 10.8. The van der Waals surface area contributed by atoms with E-state index in [9.17, 15) is 9.59 Å². The van der Waals surface area contributed by atoms with Gasteiger partial charge in [-0.05, 0) is 13.8 Å². The van der Waals surface area contributed by atoms with Gasteiger partial charge in [-0.25, -0.2) is 9.59 Å². The van der Waals surface area contributed by atoms with Crippen LogP contribution >= 0.6 is 0 Å². The molecule has 0 heterocycles. The van der Waals surface area contributed by atoms with E-state index in [0.29, 0.717) is 11.1 Å². The minimum Gasteiger partial charge on any atom is -0.459 e. The molecule has 0 aromatic rings. The van der Waals surface area contributed by atoms with Gasteiger partial charge < -0.3 is 14.3 Å². The van der Waals surface area contributed by atoms with Crippen LogP contribution < -0.4 is 0 Å². The summed E-state index contributed by atoms with van der Waals surface area (Å²) in [5.41, 5.74) is 0.632. The van der Waals surface area contributed by atoms with Crippen LogP contribution in [0.15, 0.2) is 24.3 Å². The van der Waals surface area contributed by atoms with E-state index in [0.717, 1.165) is 0 Å². The Bertz CT molecular complexity index is 252. The molecule has 0 unspecified atom stereocenters. The lowest BCUT2D eigenvalue weighted by Gasteiger charge is -2.05. The largest absolute Gasteiger partial charge is 0.459 e. The third-order valence-corrected chi connectivity index (χ3v) is 1.25. The Kier molecular flexibility index (Phi) is 9.95. The quantitative estimate of drug-likeness (QED) is 0.399. The van der Waals surface area contributed by atoms with Gasteiger partial charge in [-0.15, -0.1) is 0 Å². The predicted octanol–water partition coefficient (Wildman–Crippen LogP) is 1.04. The highest BCUT2D eigenvalue weighted by Crippen LogP contribution is 1.94. The van der Waals surface area contributed by atoms with Crippen LogP contribution in [0.4, 0.5) is 0 Å². The molecule has 0 fully saturated rings. The van der Waals surface area contributed by atoms with Crippen LogP contribution in [0.1, 0.15) is 13.8 Å². The lowest BCUT2D eigenvalue weighted by molar-refractivity contribution is -0.147. The first-order chi connectivity index (χ1) is 7.45. The normalized spacial score (nSPS) is 8.12. The molecule has 0 bridgehead atoms. The molecule has 0 atom stereocenters. The molecule has 16 heavy (non-hydrogen) atoms. The van der Waals surface area contributed by atoms with Crippen molar-refractivity contribution >= 4 is 18.7 Å². The number of rotatable bonds is 5. The highest BCUT2D eigenvalue weighted by molar-refractivity contribution is 5.87.